The molecule has 2 amide bonds. The van der Waals surface area contributed by atoms with Crippen LogP contribution in [0.5, 0.6) is 0 Å². The van der Waals surface area contributed by atoms with Crippen molar-refractivity contribution < 1.29 is 9.59 Å². The Kier molecular flexibility index (Phi) is 5.57. The molecular formula is C26H33N7O2. The minimum atomic E-state index is -0.164. The third-order valence-corrected chi connectivity index (χ3v) is 8.38. The second-order valence-electron chi connectivity index (χ2n) is 10.6. The lowest BCUT2D eigenvalue weighted by Crippen LogP contribution is -2.48. The molecule has 2 saturated carbocycles. The van der Waals surface area contributed by atoms with E-state index in [1.165, 1.54) is 19.3 Å². The molecule has 1 saturated heterocycles. The van der Waals surface area contributed by atoms with Crippen LogP contribution in [0.2, 0.25) is 0 Å². The average molecular weight is 476 g/mol. The van der Waals surface area contributed by atoms with E-state index in [-0.39, 0.29) is 23.8 Å². The van der Waals surface area contributed by atoms with Crippen LogP contribution in [-0.2, 0) is 17.8 Å². The molecule has 3 fully saturated rings. The van der Waals surface area contributed by atoms with E-state index in [0.29, 0.717) is 30.0 Å². The summed E-state index contributed by atoms with van der Waals surface area (Å²) < 4.78 is 3.53. The number of fused-ring (bicyclic) bond motifs is 1. The monoisotopic (exact) mass is 475 g/mol. The number of aromatic nitrogens is 5. The van der Waals surface area contributed by atoms with Gasteiger partial charge in [0.25, 0.3) is 5.91 Å². The van der Waals surface area contributed by atoms with Gasteiger partial charge < -0.3 is 10.6 Å². The highest BCUT2D eigenvalue weighted by atomic mass is 16.2. The van der Waals surface area contributed by atoms with Gasteiger partial charge >= 0.3 is 0 Å². The predicted molar refractivity (Wildman–Crippen MR) is 130 cm³/mol. The van der Waals surface area contributed by atoms with E-state index in [1.807, 2.05) is 25.3 Å². The van der Waals surface area contributed by atoms with Crippen molar-refractivity contribution in [2.75, 3.05) is 6.54 Å². The molecule has 0 aromatic carbocycles. The van der Waals surface area contributed by atoms with Gasteiger partial charge in [0.05, 0.1) is 23.6 Å². The first-order chi connectivity index (χ1) is 17.0. The molecule has 1 spiro atoms. The molecule has 2 N–H and O–H groups in total. The minimum absolute atomic E-state index is 0.0270. The summed E-state index contributed by atoms with van der Waals surface area (Å²) in [6.07, 6.45) is 12.3. The Hall–Kier alpha value is -3.23. The van der Waals surface area contributed by atoms with E-state index < -0.39 is 0 Å². The number of hydrogen-bond donors (Lipinski definition) is 2. The molecule has 6 rings (SSSR count). The Bertz CT molecular complexity index is 1250. The molecule has 3 aromatic rings. The summed E-state index contributed by atoms with van der Waals surface area (Å²) in [7, 11) is 0. The SMILES string of the molecule is CCn1nccc1C(=O)NC(c1cn2nc(CC3CCCNC3=O)ccc2n1)C1CC2(CCC2)C1. The molecule has 2 aliphatic carbocycles. The fourth-order valence-electron chi connectivity index (χ4n) is 6.28. The van der Waals surface area contributed by atoms with E-state index >= 15 is 0 Å². The molecule has 3 aliphatic rings. The number of amides is 2. The molecule has 4 heterocycles. The Morgan fingerprint density at radius 3 is 2.86 bits per heavy atom. The van der Waals surface area contributed by atoms with Gasteiger partial charge in [-0.25, -0.2) is 9.50 Å². The quantitative estimate of drug-likeness (QED) is 0.546. The zero-order valence-electron chi connectivity index (χ0n) is 20.2. The highest BCUT2D eigenvalue weighted by Crippen LogP contribution is 2.61. The van der Waals surface area contributed by atoms with Crippen LogP contribution in [0, 0.1) is 17.3 Å². The number of nitrogens with one attached hydrogen (secondary N) is 2. The fraction of sp³-hybridized carbons (Fsp3) is 0.577. The first kappa shape index (κ1) is 22.2. The van der Waals surface area contributed by atoms with Gasteiger partial charge in [-0.2, -0.15) is 10.2 Å². The van der Waals surface area contributed by atoms with E-state index in [1.54, 1.807) is 21.5 Å². The van der Waals surface area contributed by atoms with Crippen LogP contribution in [0.4, 0.5) is 0 Å². The number of carbonyl (C=O) groups is 2. The van der Waals surface area contributed by atoms with E-state index in [2.05, 4.69) is 15.7 Å². The smallest absolute Gasteiger partial charge is 0.270 e. The van der Waals surface area contributed by atoms with Gasteiger partial charge in [0.1, 0.15) is 5.69 Å². The Labute approximate surface area is 204 Å². The first-order valence-corrected chi connectivity index (χ1v) is 13.0. The second kappa shape index (κ2) is 8.77. The standard InChI is InChI=1S/C26H33N7O2/c1-2-32-21(8-12-28-32)25(35)30-23(18-14-26(15-18)9-4-10-26)20-16-33-22(29-20)7-6-19(31-33)13-17-5-3-11-27-24(17)34/h6-8,12,16-18,23H,2-5,9-11,13-15H2,1H3,(H,27,34)(H,30,35). The number of aryl methyl sites for hydroxylation is 1. The highest BCUT2D eigenvalue weighted by molar-refractivity contribution is 5.92. The van der Waals surface area contributed by atoms with Crippen molar-refractivity contribution in [3.63, 3.8) is 0 Å². The summed E-state index contributed by atoms with van der Waals surface area (Å²) >= 11 is 0. The maximum atomic E-state index is 13.2. The summed E-state index contributed by atoms with van der Waals surface area (Å²) in [6.45, 7) is 3.39. The van der Waals surface area contributed by atoms with Crippen LogP contribution in [0.1, 0.15) is 79.8 Å². The maximum absolute atomic E-state index is 13.2. The Balaban J connectivity index is 1.25. The van der Waals surface area contributed by atoms with Crippen molar-refractivity contribution in [3.05, 3.63) is 47.7 Å². The second-order valence-corrected chi connectivity index (χ2v) is 10.6. The van der Waals surface area contributed by atoms with Gasteiger partial charge in [-0.3, -0.25) is 14.3 Å². The van der Waals surface area contributed by atoms with E-state index in [0.717, 1.165) is 49.3 Å². The topological polar surface area (TPSA) is 106 Å². The zero-order valence-corrected chi connectivity index (χ0v) is 20.2. The average Bonchev–Trinajstić information content (AvgIpc) is 3.44. The van der Waals surface area contributed by atoms with Crippen LogP contribution in [0.15, 0.2) is 30.6 Å². The lowest BCUT2D eigenvalue weighted by atomic mass is 9.50. The molecule has 2 atom stereocenters. The summed E-state index contributed by atoms with van der Waals surface area (Å²) in [5.74, 6) is 0.347. The summed E-state index contributed by atoms with van der Waals surface area (Å²) in [4.78, 5) is 30.3. The lowest BCUT2D eigenvalue weighted by molar-refractivity contribution is -0.126. The van der Waals surface area contributed by atoms with Gasteiger partial charge in [0.2, 0.25) is 5.91 Å². The number of piperidine rings is 1. The van der Waals surface area contributed by atoms with E-state index in [4.69, 9.17) is 10.1 Å². The molecule has 0 bridgehead atoms. The first-order valence-electron chi connectivity index (χ1n) is 13.0. The van der Waals surface area contributed by atoms with Gasteiger partial charge in [-0.05, 0) is 75.0 Å². The van der Waals surface area contributed by atoms with Crippen molar-refractivity contribution >= 4 is 17.5 Å². The Morgan fingerprint density at radius 1 is 1.26 bits per heavy atom. The van der Waals surface area contributed by atoms with Gasteiger partial charge in [-0.15, -0.1) is 0 Å². The molecule has 9 heteroatoms. The maximum Gasteiger partial charge on any atom is 0.270 e. The van der Waals surface area contributed by atoms with Crippen molar-refractivity contribution in [1.82, 2.24) is 35.0 Å². The van der Waals surface area contributed by atoms with E-state index in [9.17, 15) is 9.59 Å². The molecular weight excluding hydrogens is 442 g/mol. The van der Waals surface area contributed by atoms with Crippen molar-refractivity contribution in [1.29, 1.82) is 0 Å². The normalized spacial score (nSPS) is 22.4. The van der Waals surface area contributed by atoms with Crippen LogP contribution < -0.4 is 10.6 Å². The molecule has 1 aliphatic heterocycles. The summed E-state index contributed by atoms with van der Waals surface area (Å²) in [6, 6.07) is 5.53. The van der Waals surface area contributed by atoms with Crippen LogP contribution in [-0.4, -0.2) is 42.7 Å². The molecule has 3 aromatic heterocycles. The number of carbonyl (C=O) groups excluding carboxylic acids is 2. The number of nitrogens with zero attached hydrogens (tertiary/aromatic N) is 5. The third kappa shape index (κ3) is 4.10. The van der Waals surface area contributed by atoms with Gasteiger partial charge in [0, 0.05) is 31.6 Å². The molecule has 9 nitrogen and oxygen atoms in total. The molecule has 0 radical (unpaired) electrons. The van der Waals surface area contributed by atoms with Gasteiger partial charge in [-0.1, -0.05) is 6.42 Å². The molecule has 35 heavy (non-hydrogen) atoms. The van der Waals surface area contributed by atoms with Gasteiger partial charge in [0.15, 0.2) is 5.65 Å². The summed E-state index contributed by atoms with van der Waals surface area (Å²) in [5, 5.41) is 15.3. The van der Waals surface area contributed by atoms with Crippen LogP contribution in [0.25, 0.3) is 5.65 Å². The summed E-state index contributed by atoms with van der Waals surface area (Å²) in [5.41, 5.74) is 3.55. The minimum Gasteiger partial charge on any atom is -0.356 e. The largest absolute Gasteiger partial charge is 0.356 e. The Morgan fingerprint density at radius 2 is 2.11 bits per heavy atom. The number of imidazole rings is 1. The number of rotatable bonds is 7. The fourth-order valence-corrected chi connectivity index (χ4v) is 6.28. The van der Waals surface area contributed by atoms with Crippen LogP contribution >= 0.6 is 0 Å². The van der Waals surface area contributed by atoms with Crippen molar-refractivity contribution in [2.24, 2.45) is 17.3 Å². The zero-order chi connectivity index (χ0) is 24.0. The highest BCUT2D eigenvalue weighted by Gasteiger charge is 2.51. The number of hydrogen-bond acceptors (Lipinski definition) is 5. The lowest BCUT2D eigenvalue weighted by Gasteiger charge is -2.56. The third-order valence-electron chi connectivity index (χ3n) is 8.38. The predicted octanol–water partition coefficient (Wildman–Crippen LogP) is 3.07. The molecule has 184 valence electrons. The van der Waals surface area contributed by atoms with Crippen molar-refractivity contribution in [2.45, 2.75) is 70.9 Å². The van der Waals surface area contributed by atoms with Crippen LogP contribution in [0.3, 0.4) is 0 Å². The van der Waals surface area contributed by atoms with Crippen molar-refractivity contribution in [3.8, 4) is 0 Å². The molecule has 2 unspecified atom stereocenters.